The van der Waals surface area contributed by atoms with E-state index >= 15 is 0 Å². The van der Waals surface area contributed by atoms with Gasteiger partial charge in [-0.15, -0.1) is 0 Å². The molecule has 0 saturated heterocycles. The minimum atomic E-state index is -0.829. The van der Waals surface area contributed by atoms with Crippen LogP contribution in [-0.2, 0) is 17.6 Å². The second kappa shape index (κ2) is 6.68. The Labute approximate surface area is 142 Å². The first-order valence-corrected chi connectivity index (χ1v) is 7.76. The minimum absolute atomic E-state index is 0.182. The topological polar surface area (TPSA) is 115 Å². The fourth-order valence-electron chi connectivity index (χ4n) is 3.07. The number of amides is 1. The van der Waals surface area contributed by atoms with E-state index in [0.29, 0.717) is 12.8 Å². The number of carbonyl (C=O) groups excluding carboxylic acids is 1. The summed E-state index contributed by atoms with van der Waals surface area (Å²) in [4.78, 5) is 32.6. The maximum atomic E-state index is 12.5. The van der Waals surface area contributed by atoms with E-state index in [1.165, 1.54) is 11.6 Å². The van der Waals surface area contributed by atoms with Crippen LogP contribution in [0.2, 0.25) is 0 Å². The molecule has 1 N–H and O–H groups in total. The van der Waals surface area contributed by atoms with Crippen LogP contribution in [0.5, 0.6) is 0 Å². The molecule has 1 amide bonds. The van der Waals surface area contributed by atoms with Crippen LogP contribution in [0.4, 0.5) is 17.1 Å². The van der Waals surface area contributed by atoms with E-state index in [2.05, 4.69) is 5.32 Å². The normalized spacial score (nSPS) is 15.9. The lowest BCUT2D eigenvalue weighted by Gasteiger charge is -2.23. The lowest BCUT2D eigenvalue weighted by molar-refractivity contribution is -0.422. The summed E-state index contributed by atoms with van der Waals surface area (Å²) in [7, 11) is 0. The van der Waals surface area contributed by atoms with Gasteiger partial charge >= 0.3 is 11.4 Å². The number of benzene rings is 2. The molecule has 2 aromatic carbocycles. The molecule has 3 rings (SSSR count). The van der Waals surface area contributed by atoms with Crippen molar-refractivity contribution in [1.29, 1.82) is 0 Å². The molecule has 2 aromatic rings. The number of nitrogens with one attached hydrogen (secondary N) is 1. The number of nitro benzene ring substituents is 2. The van der Waals surface area contributed by atoms with Crippen LogP contribution in [0.1, 0.15) is 17.5 Å². The van der Waals surface area contributed by atoms with Gasteiger partial charge in [-0.25, -0.2) is 0 Å². The van der Waals surface area contributed by atoms with E-state index in [0.717, 1.165) is 24.1 Å². The van der Waals surface area contributed by atoms with Gasteiger partial charge in [-0.1, -0.05) is 24.3 Å². The van der Waals surface area contributed by atoms with Crippen LogP contribution in [0, 0.1) is 26.1 Å². The number of rotatable bonds is 4. The van der Waals surface area contributed by atoms with Gasteiger partial charge < -0.3 is 5.32 Å². The van der Waals surface area contributed by atoms with E-state index in [9.17, 15) is 25.0 Å². The third-order valence-electron chi connectivity index (χ3n) is 4.35. The molecule has 25 heavy (non-hydrogen) atoms. The lowest BCUT2D eigenvalue weighted by atomic mass is 9.83. The molecule has 0 heterocycles. The number of anilines is 1. The first kappa shape index (κ1) is 16.6. The summed E-state index contributed by atoms with van der Waals surface area (Å²) in [5, 5.41) is 24.5. The highest BCUT2D eigenvalue weighted by atomic mass is 16.6. The highest BCUT2D eigenvalue weighted by Gasteiger charge is 2.27. The van der Waals surface area contributed by atoms with Crippen LogP contribution in [0.15, 0.2) is 42.5 Å². The Hall–Kier alpha value is -3.29. The predicted octanol–water partition coefficient (Wildman–Crippen LogP) is 3.25. The number of fused-ring (bicyclic) bond motifs is 1. The zero-order chi connectivity index (χ0) is 18.0. The van der Waals surface area contributed by atoms with Gasteiger partial charge in [0.25, 0.3) is 0 Å². The quantitative estimate of drug-likeness (QED) is 0.677. The van der Waals surface area contributed by atoms with Crippen molar-refractivity contribution in [2.75, 3.05) is 5.32 Å². The van der Waals surface area contributed by atoms with Gasteiger partial charge in [0.2, 0.25) is 5.91 Å². The smallest absolute Gasteiger partial charge is 0.326 e. The van der Waals surface area contributed by atoms with Gasteiger partial charge in [0, 0.05) is 23.7 Å². The van der Waals surface area contributed by atoms with Gasteiger partial charge in [0.1, 0.15) is 0 Å². The highest BCUT2D eigenvalue weighted by molar-refractivity contribution is 5.93. The number of carbonyl (C=O) groups is 1. The standard InChI is InChI=1S/C17H15N3O5/c21-17(13-6-5-11-3-1-2-4-12(11)9-13)18-14-7-8-15(19(22)23)16(10-14)20(24)25/h1-4,7-8,10,13H,5-6,9H2,(H,18,21). The number of aryl methyl sites for hydroxylation is 1. The number of nitro groups is 2. The third kappa shape index (κ3) is 3.47. The number of hydrogen-bond acceptors (Lipinski definition) is 5. The van der Waals surface area contributed by atoms with Crippen molar-refractivity contribution in [3.8, 4) is 0 Å². The zero-order valence-corrected chi connectivity index (χ0v) is 13.2. The van der Waals surface area contributed by atoms with Crippen LogP contribution < -0.4 is 5.32 Å². The SMILES string of the molecule is O=C(Nc1ccc([N+](=O)[O-])c([N+](=O)[O-])c1)C1CCc2ccccc2C1. The zero-order valence-electron chi connectivity index (χ0n) is 13.2. The molecule has 0 aliphatic heterocycles. The molecule has 0 bridgehead atoms. The largest absolute Gasteiger partial charge is 0.348 e. The number of nitrogens with zero attached hydrogens (tertiary/aromatic N) is 2. The molecule has 128 valence electrons. The fourth-order valence-corrected chi connectivity index (χ4v) is 3.07. The Morgan fingerprint density at radius 1 is 1.00 bits per heavy atom. The summed E-state index contributed by atoms with van der Waals surface area (Å²) in [6.45, 7) is 0. The lowest BCUT2D eigenvalue weighted by Crippen LogP contribution is -2.28. The minimum Gasteiger partial charge on any atom is -0.326 e. The number of hydrogen-bond donors (Lipinski definition) is 1. The van der Waals surface area contributed by atoms with Crippen LogP contribution in [0.3, 0.4) is 0 Å². The van der Waals surface area contributed by atoms with E-state index in [4.69, 9.17) is 0 Å². The molecule has 0 saturated carbocycles. The van der Waals surface area contributed by atoms with Crippen molar-refractivity contribution in [3.63, 3.8) is 0 Å². The molecule has 8 heteroatoms. The molecular weight excluding hydrogens is 326 g/mol. The van der Waals surface area contributed by atoms with Crippen molar-refractivity contribution >= 4 is 23.0 Å². The Morgan fingerprint density at radius 2 is 1.68 bits per heavy atom. The van der Waals surface area contributed by atoms with Crippen molar-refractivity contribution in [1.82, 2.24) is 0 Å². The molecule has 1 aliphatic carbocycles. The predicted molar refractivity (Wildman–Crippen MR) is 90.3 cm³/mol. The Balaban J connectivity index is 1.77. The molecule has 8 nitrogen and oxygen atoms in total. The molecule has 1 unspecified atom stereocenters. The van der Waals surface area contributed by atoms with Crippen molar-refractivity contribution in [3.05, 3.63) is 73.8 Å². The van der Waals surface area contributed by atoms with Crippen LogP contribution in [0.25, 0.3) is 0 Å². The Kier molecular flexibility index (Phi) is 4.42. The van der Waals surface area contributed by atoms with Gasteiger partial charge in [0.05, 0.1) is 9.85 Å². The third-order valence-corrected chi connectivity index (χ3v) is 4.35. The molecule has 1 atom stereocenters. The molecule has 1 aliphatic rings. The van der Waals surface area contributed by atoms with Gasteiger partial charge in [-0.05, 0) is 36.5 Å². The second-order valence-electron chi connectivity index (χ2n) is 5.92. The second-order valence-corrected chi connectivity index (χ2v) is 5.92. The van der Waals surface area contributed by atoms with Crippen LogP contribution >= 0.6 is 0 Å². The summed E-state index contributed by atoms with van der Waals surface area (Å²) < 4.78 is 0. The molecule has 0 fully saturated rings. The van der Waals surface area contributed by atoms with Gasteiger partial charge in [-0.3, -0.25) is 25.0 Å². The summed E-state index contributed by atoms with van der Waals surface area (Å²) in [6, 6.07) is 11.3. The Bertz CT molecular complexity index is 865. The maximum absolute atomic E-state index is 12.5. The van der Waals surface area contributed by atoms with E-state index in [1.54, 1.807) is 0 Å². The van der Waals surface area contributed by atoms with Crippen molar-refractivity contribution in [2.24, 2.45) is 5.92 Å². The average Bonchev–Trinajstić information content (AvgIpc) is 2.61. The van der Waals surface area contributed by atoms with Crippen LogP contribution in [-0.4, -0.2) is 15.8 Å². The summed E-state index contributed by atoms with van der Waals surface area (Å²) in [5.74, 6) is -0.471. The molecule has 0 spiro atoms. The van der Waals surface area contributed by atoms with Gasteiger partial charge in [-0.2, -0.15) is 0 Å². The fraction of sp³-hybridized carbons (Fsp3) is 0.235. The van der Waals surface area contributed by atoms with Crippen molar-refractivity contribution in [2.45, 2.75) is 19.3 Å². The first-order valence-electron chi connectivity index (χ1n) is 7.76. The molecular formula is C17H15N3O5. The van der Waals surface area contributed by atoms with E-state index in [-0.39, 0.29) is 17.5 Å². The van der Waals surface area contributed by atoms with Gasteiger partial charge in [0.15, 0.2) is 0 Å². The molecule has 0 radical (unpaired) electrons. The highest BCUT2D eigenvalue weighted by Crippen LogP contribution is 2.31. The average molecular weight is 341 g/mol. The maximum Gasteiger partial charge on any atom is 0.348 e. The summed E-state index contributed by atoms with van der Waals surface area (Å²) in [6.07, 6.45) is 2.10. The van der Waals surface area contributed by atoms with E-state index in [1.807, 2.05) is 24.3 Å². The summed E-state index contributed by atoms with van der Waals surface area (Å²) >= 11 is 0. The monoisotopic (exact) mass is 341 g/mol. The Morgan fingerprint density at radius 3 is 2.36 bits per heavy atom. The van der Waals surface area contributed by atoms with Crippen molar-refractivity contribution < 1.29 is 14.6 Å². The molecule has 0 aromatic heterocycles. The summed E-state index contributed by atoms with van der Waals surface area (Å²) in [5.41, 5.74) is 1.30. The first-order chi connectivity index (χ1) is 12.0. The van der Waals surface area contributed by atoms with E-state index < -0.39 is 21.2 Å².